The number of phenols is 1. The largest absolute Gasteiger partial charge is 0.573 e. The average molecular weight is 375 g/mol. The number of hydrogen-bond donors (Lipinski definition) is 2. The monoisotopic (exact) mass is 374 g/mol. The molecule has 0 bridgehead atoms. The van der Waals surface area contributed by atoms with Crippen LogP contribution >= 0.6 is 12.4 Å². The van der Waals surface area contributed by atoms with Crippen molar-refractivity contribution >= 4 is 12.4 Å². The van der Waals surface area contributed by atoms with Gasteiger partial charge in [0.05, 0.1) is 24.8 Å². The highest BCUT2D eigenvalue weighted by Crippen LogP contribution is 2.37. The predicted octanol–water partition coefficient (Wildman–Crippen LogP) is 3.64. The first-order valence-electron chi connectivity index (χ1n) is 6.67. The van der Waals surface area contributed by atoms with Crippen LogP contribution in [0.2, 0.25) is 0 Å². The third-order valence-corrected chi connectivity index (χ3v) is 3.26. The molecule has 25 heavy (non-hydrogen) atoms. The van der Waals surface area contributed by atoms with Gasteiger partial charge in [-0.15, -0.1) is 25.6 Å². The molecule has 0 unspecified atom stereocenters. The fraction of sp³-hybridized carbons (Fsp3) is 0.188. The van der Waals surface area contributed by atoms with Crippen molar-refractivity contribution in [2.24, 2.45) is 5.73 Å². The lowest BCUT2D eigenvalue weighted by Gasteiger charge is -2.17. The van der Waals surface area contributed by atoms with Crippen LogP contribution in [-0.2, 0) is 0 Å². The number of hydrogen-bond acceptors (Lipinski definition) is 5. The molecule has 0 heterocycles. The van der Waals surface area contributed by atoms with Crippen LogP contribution in [0.4, 0.5) is 13.2 Å². The van der Waals surface area contributed by atoms with Crippen molar-refractivity contribution in [3.05, 3.63) is 53.1 Å². The first-order chi connectivity index (χ1) is 11.2. The smallest absolute Gasteiger partial charge is 0.504 e. The molecule has 0 saturated heterocycles. The summed E-state index contributed by atoms with van der Waals surface area (Å²) >= 11 is 0. The molecule has 3 N–H and O–H groups in total. The van der Waals surface area contributed by atoms with E-state index in [1.54, 1.807) is 0 Å². The highest BCUT2D eigenvalue weighted by molar-refractivity contribution is 5.85. The maximum atomic E-state index is 12.2. The predicted molar refractivity (Wildman–Crippen MR) is 85.8 cm³/mol. The van der Waals surface area contributed by atoms with E-state index in [0.29, 0.717) is 5.56 Å². The molecular weight excluding hydrogens is 361 g/mol. The number of nitriles is 1. The zero-order valence-electron chi connectivity index (χ0n) is 12.9. The second kappa shape index (κ2) is 7.96. The van der Waals surface area contributed by atoms with Crippen molar-refractivity contribution in [1.82, 2.24) is 0 Å². The quantitative estimate of drug-likeness (QED) is 0.853. The molecule has 0 amide bonds. The Hall–Kier alpha value is -2.63. The van der Waals surface area contributed by atoms with E-state index in [2.05, 4.69) is 4.74 Å². The number of phenolic OH excluding ortho intramolecular Hbond substituents is 1. The SMILES string of the molecule is COc1cc(C#N)cc([C@H](N)c2ccc(OC(F)(F)F)cc2)c1O.Cl. The lowest BCUT2D eigenvalue weighted by Crippen LogP contribution is -2.17. The van der Waals surface area contributed by atoms with Crippen LogP contribution in [0.5, 0.6) is 17.2 Å². The van der Waals surface area contributed by atoms with Crippen LogP contribution in [0.3, 0.4) is 0 Å². The van der Waals surface area contributed by atoms with Gasteiger partial charge in [-0.3, -0.25) is 0 Å². The van der Waals surface area contributed by atoms with Crippen molar-refractivity contribution in [1.29, 1.82) is 5.26 Å². The van der Waals surface area contributed by atoms with Gasteiger partial charge in [0.1, 0.15) is 5.75 Å². The van der Waals surface area contributed by atoms with Gasteiger partial charge in [-0.25, -0.2) is 0 Å². The Balaban J connectivity index is 0.00000312. The number of nitrogens with zero attached hydrogens (tertiary/aromatic N) is 1. The molecule has 2 aromatic carbocycles. The third-order valence-electron chi connectivity index (χ3n) is 3.26. The van der Waals surface area contributed by atoms with Gasteiger partial charge in [0.2, 0.25) is 0 Å². The van der Waals surface area contributed by atoms with Gasteiger partial charge in [-0.2, -0.15) is 5.26 Å². The summed E-state index contributed by atoms with van der Waals surface area (Å²) in [5.41, 5.74) is 6.93. The lowest BCUT2D eigenvalue weighted by molar-refractivity contribution is -0.274. The van der Waals surface area contributed by atoms with E-state index in [-0.39, 0.29) is 40.8 Å². The molecule has 134 valence electrons. The Labute approximate surface area is 147 Å². The maximum absolute atomic E-state index is 12.2. The zero-order valence-corrected chi connectivity index (χ0v) is 13.7. The van der Waals surface area contributed by atoms with E-state index in [4.69, 9.17) is 15.7 Å². The number of benzene rings is 2. The fourth-order valence-electron chi connectivity index (χ4n) is 2.14. The summed E-state index contributed by atoms with van der Waals surface area (Å²) in [6.45, 7) is 0. The third kappa shape index (κ3) is 4.92. The van der Waals surface area contributed by atoms with Gasteiger partial charge in [0, 0.05) is 11.6 Å². The van der Waals surface area contributed by atoms with E-state index in [0.717, 1.165) is 12.1 Å². The number of halogens is 4. The van der Waals surface area contributed by atoms with Gasteiger partial charge in [-0.1, -0.05) is 12.1 Å². The van der Waals surface area contributed by atoms with Crippen molar-refractivity contribution in [3.8, 4) is 23.3 Å². The summed E-state index contributed by atoms with van der Waals surface area (Å²) in [6.07, 6.45) is -4.78. The summed E-state index contributed by atoms with van der Waals surface area (Å²) in [6, 6.07) is 8.72. The summed E-state index contributed by atoms with van der Waals surface area (Å²) in [4.78, 5) is 0. The Morgan fingerprint density at radius 2 is 1.80 bits per heavy atom. The molecule has 0 aliphatic heterocycles. The second-order valence-electron chi connectivity index (χ2n) is 4.82. The summed E-state index contributed by atoms with van der Waals surface area (Å²) in [7, 11) is 1.33. The highest BCUT2D eigenvalue weighted by Gasteiger charge is 2.31. The minimum Gasteiger partial charge on any atom is -0.504 e. The number of alkyl halides is 3. The Kier molecular flexibility index (Phi) is 6.50. The van der Waals surface area contributed by atoms with E-state index in [1.165, 1.54) is 31.4 Å². The molecule has 0 saturated carbocycles. The average Bonchev–Trinajstić information content (AvgIpc) is 2.53. The number of rotatable bonds is 4. The minimum atomic E-state index is -4.78. The van der Waals surface area contributed by atoms with Crippen LogP contribution in [0.1, 0.15) is 22.7 Å². The summed E-state index contributed by atoms with van der Waals surface area (Å²) in [5, 5.41) is 19.2. The van der Waals surface area contributed by atoms with Crippen LogP contribution in [-0.4, -0.2) is 18.6 Å². The van der Waals surface area contributed by atoms with Crippen LogP contribution < -0.4 is 15.2 Å². The van der Waals surface area contributed by atoms with Crippen LogP contribution in [0.25, 0.3) is 0 Å². The van der Waals surface area contributed by atoms with Crippen LogP contribution in [0.15, 0.2) is 36.4 Å². The number of methoxy groups -OCH3 is 1. The molecule has 0 fully saturated rings. The molecule has 0 radical (unpaired) electrons. The van der Waals surface area contributed by atoms with Crippen molar-refractivity contribution in [3.63, 3.8) is 0 Å². The van der Waals surface area contributed by atoms with Gasteiger partial charge < -0.3 is 20.3 Å². The molecule has 0 aromatic heterocycles. The molecule has 0 aliphatic rings. The number of aromatic hydroxyl groups is 1. The normalized spacial score (nSPS) is 11.8. The highest BCUT2D eigenvalue weighted by atomic mass is 35.5. The molecule has 5 nitrogen and oxygen atoms in total. The minimum absolute atomic E-state index is 0. The summed E-state index contributed by atoms with van der Waals surface area (Å²) in [5.74, 6) is -0.540. The van der Waals surface area contributed by atoms with E-state index < -0.39 is 12.4 Å². The first-order valence-corrected chi connectivity index (χ1v) is 6.67. The molecule has 0 spiro atoms. The zero-order chi connectivity index (χ0) is 17.9. The lowest BCUT2D eigenvalue weighted by atomic mass is 9.96. The Morgan fingerprint density at radius 3 is 2.28 bits per heavy atom. The van der Waals surface area contributed by atoms with E-state index in [9.17, 15) is 18.3 Å². The molecule has 2 aromatic rings. The van der Waals surface area contributed by atoms with Crippen molar-refractivity contribution in [2.75, 3.05) is 7.11 Å². The fourth-order valence-corrected chi connectivity index (χ4v) is 2.14. The topological polar surface area (TPSA) is 88.5 Å². The first kappa shape index (κ1) is 20.4. The van der Waals surface area contributed by atoms with Crippen LogP contribution in [0, 0.1) is 11.3 Å². The maximum Gasteiger partial charge on any atom is 0.573 e. The van der Waals surface area contributed by atoms with E-state index >= 15 is 0 Å². The van der Waals surface area contributed by atoms with Crippen molar-refractivity contribution in [2.45, 2.75) is 12.4 Å². The molecular formula is C16H14ClF3N2O3. The molecule has 1 atom stereocenters. The van der Waals surface area contributed by atoms with Gasteiger partial charge in [0.25, 0.3) is 0 Å². The van der Waals surface area contributed by atoms with E-state index in [1.807, 2.05) is 6.07 Å². The summed E-state index contributed by atoms with van der Waals surface area (Å²) < 4.78 is 45.3. The molecule has 9 heteroatoms. The van der Waals surface area contributed by atoms with Crippen molar-refractivity contribution < 1.29 is 27.8 Å². The van der Waals surface area contributed by atoms with Gasteiger partial charge in [0.15, 0.2) is 11.5 Å². The second-order valence-corrected chi connectivity index (χ2v) is 4.82. The number of ether oxygens (including phenoxy) is 2. The van der Waals surface area contributed by atoms with Gasteiger partial charge >= 0.3 is 6.36 Å². The number of nitrogens with two attached hydrogens (primary N) is 1. The van der Waals surface area contributed by atoms with Gasteiger partial charge in [-0.05, 0) is 23.8 Å². The molecule has 0 aliphatic carbocycles. The Morgan fingerprint density at radius 1 is 1.20 bits per heavy atom. The standard InChI is InChI=1S/C16H13F3N2O3.ClH/c1-23-13-7-9(8-20)6-12(15(13)22)14(21)10-2-4-11(5-3-10)24-16(17,18)19;/h2-7,14,22H,21H2,1H3;1H/t14-;/m1./s1. The molecule has 2 rings (SSSR count). The Bertz CT molecular complexity index is 774.